The maximum Gasteiger partial charge on any atom is 0.0945 e. The molecule has 3 nitrogen and oxygen atoms in total. The first-order valence-electron chi connectivity index (χ1n) is 7.35. The Morgan fingerprint density at radius 2 is 2.10 bits per heavy atom. The van der Waals surface area contributed by atoms with Gasteiger partial charge in [0.2, 0.25) is 0 Å². The number of aryl methyl sites for hydroxylation is 1. The van der Waals surface area contributed by atoms with E-state index in [0.717, 1.165) is 28.6 Å². The smallest absolute Gasteiger partial charge is 0.0945 e. The van der Waals surface area contributed by atoms with E-state index >= 15 is 0 Å². The van der Waals surface area contributed by atoms with E-state index in [9.17, 15) is 5.11 Å². The highest BCUT2D eigenvalue weighted by Crippen LogP contribution is 2.29. The number of rotatable bonds is 9. The van der Waals surface area contributed by atoms with Gasteiger partial charge in [0, 0.05) is 22.6 Å². The minimum Gasteiger partial charge on any atom is -0.389 e. The summed E-state index contributed by atoms with van der Waals surface area (Å²) in [5.41, 5.74) is 1.90. The lowest BCUT2D eigenvalue weighted by molar-refractivity contribution is 0.0409. The van der Waals surface area contributed by atoms with Gasteiger partial charge in [-0.2, -0.15) is 0 Å². The molecular weight excluding hydrogens is 354 g/mol. The quantitative estimate of drug-likeness (QED) is 0.615. The zero-order chi connectivity index (χ0) is 15.8. The van der Waals surface area contributed by atoms with Crippen LogP contribution in [0.5, 0.6) is 0 Å². The fourth-order valence-corrected chi connectivity index (χ4v) is 2.64. The molecule has 2 N–H and O–H groups in total. The third kappa shape index (κ3) is 7.50. The average molecular weight is 379 g/mol. The molecule has 0 fully saturated rings. The van der Waals surface area contributed by atoms with Gasteiger partial charge in [0.15, 0.2) is 0 Å². The van der Waals surface area contributed by atoms with Gasteiger partial charge >= 0.3 is 0 Å². The van der Waals surface area contributed by atoms with Crippen LogP contribution in [0.15, 0.2) is 16.6 Å². The van der Waals surface area contributed by atoms with E-state index in [-0.39, 0.29) is 0 Å². The van der Waals surface area contributed by atoms with Crippen molar-refractivity contribution in [3.05, 3.63) is 27.2 Å². The van der Waals surface area contributed by atoms with E-state index in [1.54, 1.807) is 0 Å². The number of aliphatic hydroxyl groups excluding tert-OH is 1. The molecule has 0 amide bonds. The molecule has 1 aromatic rings. The van der Waals surface area contributed by atoms with Crippen LogP contribution in [0.25, 0.3) is 0 Å². The van der Waals surface area contributed by atoms with Crippen molar-refractivity contribution in [3.8, 4) is 0 Å². The highest BCUT2D eigenvalue weighted by Gasteiger charge is 2.08. The summed E-state index contributed by atoms with van der Waals surface area (Å²) in [6.07, 6.45) is 1.66. The molecule has 1 atom stereocenters. The van der Waals surface area contributed by atoms with Gasteiger partial charge in [0.1, 0.15) is 0 Å². The summed E-state index contributed by atoms with van der Waals surface area (Å²) < 4.78 is 6.42. The van der Waals surface area contributed by atoms with Crippen LogP contribution in [0, 0.1) is 12.8 Å². The van der Waals surface area contributed by atoms with Crippen LogP contribution in [0.4, 0.5) is 5.69 Å². The maximum atomic E-state index is 9.90. The molecule has 1 unspecified atom stereocenters. The summed E-state index contributed by atoms with van der Waals surface area (Å²) >= 11 is 9.58. The topological polar surface area (TPSA) is 41.5 Å². The van der Waals surface area contributed by atoms with Crippen LogP contribution in [0.1, 0.15) is 32.3 Å². The van der Waals surface area contributed by atoms with Crippen LogP contribution in [0.3, 0.4) is 0 Å². The molecule has 21 heavy (non-hydrogen) atoms. The summed E-state index contributed by atoms with van der Waals surface area (Å²) in [5.74, 6) is 0.698. The normalized spacial score (nSPS) is 12.7. The Kier molecular flexibility index (Phi) is 8.64. The molecule has 120 valence electrons. The predicted molar refractivity (Wildman–Crippen MR) is 93.3 cm³/mol. The van der Waals surface area contributed by atoms with E-state index in [0.29, 0.717) is 30.7 Å². The summed E-state index contributed by atoms with van der Waals surface area (Å²) in [5, 5.41) is 13.8. The second kappa shape index (κ2) is 9.67. The molecule has 1 rings (SSSR count). The third-order valence-electron chi connectivity index (χ3n) is 3.16. The molecule has 0 aliphatic carbocycles. The molecular formula is C16H25BrClNO2. The number of benzene rings is 1. The van der Waals surface area contributed by atoms with E-state index in [1.165, 1.54) is 0 Å². The SMILES string of the molecule is Cc1cc(Br)c(NCC(O)COCCCC(C)C)cc1Cl. The molecule has 0 saturated heterocycles. The summed E-state index contributed by atoms with van der Waals surface area (Å²) in [4.78, 5) is 0. The first-order valence-corrected chi connectivity index (χ1v) is 8.52. The van der Waals surface area contributed by atoms with Crippen molar-refractivity contribution in [3.63, 3.8) is 0 Å². The largest absolute Gasteiger partial charge is 0.389 e. The second-order valence-electron chi connectivity index (χ2n) is 5.73. The van der Waals surface area contributed by atoms with E-state index in [2.05, 4.69) is 35.1 Å². The summed E-state index contributed by atoms with van der Waals surface area (Å²) in [7, 11) is 0. The minimum atomic E-state index is -0.531. The van der Waals surface area contributed by atoms with Crippen molar-refractivity contribution in [2.75, 3.05) is 25.1 Å². The zero-order valence-electron chi connectivity index (χ0n) is 13.0. The average Bonchev–Trinajstić information content (AvgIpc) is 2.40. The first-order chi connectivity index (χ1) is 9.90. The Balaban J connectivity index is 2.27. The Morgan fingerprint density at radius 3 is 2.76 bits per heavy atom. The lowest BCUT2D eigenvalue weighted by atomic mass is 10.1. The van der Waals surface area contributed by atoms with Crippen LogP contribution >= 0.6 is 27.5 Å². The number of hydrogen-bond donors (Lipinski definition) is 2. The van der Waals surface area contributed by atoms with Gasteiger partial charge in [-0.05, 0) is 59.3 Å². The maximum absolute atomic E-state index is 9.90. The predicted octanol–water partition coefficient (Wildman–Crippen LogP) is 4.64. The van der Waals surface area contributed by atoms with Crippen molar-refractivity contribution in [1.29, 1.82) is 0 Å². The van der Waals surface area contributed by atoms with E-state index < -0.39 is 6.10 Å². The fourth-order valence-electron chi connectivity index (χ4n) is 1.88. The van der Waals surface area contributed by atoms with Crippen molar-refractivity contribution >= 4 is 33.2 Å². The monoisotopic (exact) mass is 377 g/mol. The van der Waals surface area contributed by atoms with Crippen molar-refractivity contribution in [1.82, 2.24) is 0 Å². The Bertz CT molecular complexity index is 441. The number of aliphatic hydroxyl groups is 1. The van der Waals surface area contributed by atoms with Crippen LogP contribution in [-0.2, 0) is 4.74 Å². The Hall–Kier alpha value is -0.290. The van der Waals surface area contributed by atoms with E-state index in [1.807, 2.05) is 19.1 Å². The van der Waals surface area contributed by atoms with Gasteiger partial charge in [-0.25, -0.2) is 0 Å². The van der Waals surface area contributed by atoms with Crippen LogP contribution < -0.4 is 5.32 Å². The highest BCUT2D eigenvalue weighted by molar-refractivity contribution is 9.10. The number of ether oxygens (including phenoxy) is 1. The summed E-state index contributed by atoms with van der Waals surface area (Å²) in [6.45, 7) is 7.84. The summed E-state index contributed by atoms with van der Waals surface area (Å²) in [6, 6.07) is 3.82. The number of anilines is 1. The van der Waals surface area contributed by atoms with Gasteiger partial charge in [0.25, 0.3) is 0 Å². The molecule has 0 saturated carbocycles. The zero-order valence-corrected chi connectivity index (χ0v) is 15.3. The molecule has 0 radical (unpaired) electrons. The van der Waals surface area contributed by atoms with Gasteiger partial charge in [0.05, 0.1) is 18.4 Å². The van der Waals surface area contributed by atoms with Gasteiger partial charge in [-0.3, -0.25) is 0 Å². The van der Waals surface area contributed by atoms with Crippen molar-refractivity contribution < 1.29 is 9.84 Å². The van der Waals surface area contributed by atoms with Gasteiger partial charge in [-0.1, -0.05) is 25.4 Å². The van der Waals surface area contributed by atoms with Gasteiger partial charge < -0.3 is 15.2 Å². The van der Waals surface area contributed by atoms with Crippen LogP contribution in [0.2, 0.25) is 5.02 Å². The molecule has 0 spiro atoms. The van der Waals surface area contributed by atoms with Gasteiger partial charge in [-0.15, -0.1) is 0 Å². The number of nitrogens with one attached hydrogen (secondary N) is 1. The highest BCUT2D eigenvalue weighted by atomic mass is 79.9. The Labute approximate surface area is 141 Å². The molecule has 0 aliphatic heterocycles. The first kappa shape index (κ1) is 18.8. The second-order valence-corrected chi connectivity index (χ2v) is 6.99. The number of hydrogen-bond acceptors (Lipinski definition) is 3. The third-order valence-corrected chi connectivity index (χ3v) is 4.22. The molecule has 0 heterocycles. The number of halogens is 2. The molecule has 1 aromatic carbocycles. The van der Waals surface area contributed by atoms with E-state index in [4.69, 9.17) is 16.3 Å². The van der Waals surface area contributed by atoms with Crippen molar-refractivity contribution in [2.24, 2.45) is 5.92 Å². The standard InChI is InChI=1S/C16H25BrClNO2/c1-11(2)5-4-6-21-10-13(20)9-19-16-8-15(18)12(3)7-14(16)17/h7-8,11,13,19-20H,4-6,9-10H2,1-3H3. The molecule has 5 heteroatoms. The molecule has 0 aliphatic rings. The van der Waals surface area contributed by atoms with Crippen LogP contribution in [-0.4, -0.2) is 31.0 Å². The molecule has 0 aromatic heterocycles. The molecule has 0 bridgehead atoms. The van der Waals surface area contributed by atoms with Crippen molar-refractivity contribution in [2.45, 2.75) is 39.7 Å². The fraction of sp³-hybridized carbons (Fsp3) is 0.625. The Morgan fingerprint density at radius 1 is 1.38 bits per heavy atom. The minimum absolute atomic E-state index is 0.350. The lowest BCUT2D eigenvalue weighted by Crippen LogP contribution is -2.25. The lowest BCUT2D eigenvalue weighted by Gasteiger charge is -2.15.